The van der Waals surface area contributed by atoms with Gasteiger partial charge in [-0.2, -0.15) is 0 Å². The summed E-state index contributed by atoms with van der Waals surface area (Å²) in [5, 5.41) is 1.02. The van der Waals surface area contributed by atoms with Crippen LogP contribution in [0.15, 0.2) is 0 Å². The van der Waals surface area contributed by atoms with Gasteiger partial charge in [0.2, 0.25) is 5.91 Å². The summed E-state index contributed by atoms with van der Waals surface area (Å²) in [6.45, 7) is 8.67. The smallest absolute Gasteiger partial charge is 0.221 e. The van der Waals surface area contributed by atoms with Crippen molar-refractivity contribution in [2.45, 2.75) is 39.7 Å². The maximum Gasteiger partial charge on any atom is 0.221 e. The number of nitrogens with zero attached hydrogens (tertiary/aromatic N) is 1. The van der Waals surface area contributed by atoms with Crippen LogP contribution in [0.2, 0.25) is 0 Å². The zero-order chi connectivity index (χ0) is 13.0. The van der Waals surface area contributed by atoms with E-state index in [4.69, 9.17) is 5.73 Å². The highest BCUT2D eigenvalue weighted by molar-refractivity contribution is 9.09. The fourth-order valence-corrected chi connectivity index (χ4v) is 3.36. The van der Waals surface area contributed by atoms with Gasteiger partial charge in [-0.05, 0) is 31.6 Å². The van der Waals surface area contributed by atoms with Crippen LogP contribution in [0.5, 0.6) is 0 Å². The number of primary amides is 1. The molecule has 0 spiro atoms. The van der Waals surface area contributed by atoms with E-state index in [1.807, 2.05) is 0 Å². The van der Waals surface area contributed by atoms with Crippen molar-refractivity contribution in [1.82, 2.24) is 4.90 Å². The van der Waals surface area contributed by atoms with Gasteiger partial charge in [-0.1, -0.05) is 29.8 Å². The molecular weight excluding hydrogens is 280 g/mol. The highest BCUT2D eigenvalue weighted by Gasteiger charge is 2.30. The quantitative estimate of drug-likeness (QED) is 0.792. The van der Waals surface area contributed by atoms with Gasteiger partial charge in [0.25, 0.3) is 0 Å². The lowest BCUT2D eigenvalue weighted by atomic mass is 9.90. The minimum Gasteiger partial charge on any atom is -0.369 e. The van der Waals surface area contributed by atoms with Crippen molar-refractivity contribution >= 4 is 21.8 Å². The number of piperidine rings is 1. The second-order valence-corrected chi connectivity index (χ2v) is 6.29. The van der Waals surface area contributed by atoms with Crippen molar-refractivity contribution in [3.05, 3.63) is 0 Å². The van der Waals surface area contributed by atoms with Gasteiger partial charge >= 0.3 is 0 Å². The van der Waals surface area contributed by atoms with E-state index < -0.39 is 0 Å². The van der Waals surface area contributed by atoms with Gasteiger partial charge in [0, 0.05) is 24.5 Å². The first-order valence-electron chi connectivity index (χ1n) is 6.55. The molecule has 1 aliphatic heterocycles. The summed E-state index contributed by atoms with van der Waals surface area (Å²) in [5.74, 6) is 1.22. The first kappa shape index (κ1) is 15.0. The number of nitrogens with two attached hydrogens (primary N) is 1. The Morgan fingerprint density at radius 2 is 2.12 bits per heavy atom. The maximum absolute atomic E-state index is 11.3. The molecule has 0 bridgehead atoms. The largest absolute Gasteiger partial charge is 0.369 e. The molecule has 17 heavy (non-hydrogen) atoms. The highest BCUT2D eigenvalue weighted by atomic mass is 79.9. The summed E-state index contributed by atoms with van der Waals surface area (Å²) in [6, 6.07) is 0.575. The Kier molecular flexibility index (Phi) is 5.93. The Morgan fingerprint density at radius 3 is 2.59 bits per heavy atom. The predicted octanol–water partition coefficient (Wildman–Crippen LogP) is 2.24. The molecule has 2 N–H and O–H groups in total. The van der Waals surface area contributed by atoms with E-state index in [9.17, 15) is 4.79 Å². The lowest BCUT2D eigenvalue weighted by molar-refractivity contribution is -0.124. The molecular formula is C13H25BrN2O. The second-order valence-electron chi connectivity index (χ2n) is 5.64. The number of halogens is 1. The first-order valence-corrected chi connectivity index (χ1v) is 7.67. The van der Waals surface area contributed by atoms with Gasteiger partial charge < -0.3 is 5.73 Å². The molecule has 0 aromatic rings. The van der Waals surface area contributed by atoms with Crippen LogP contribution in [0.4, 0.5) is 0 Å². The monoisotopic (exact) mass is 304 g/mol. The average Bonchev–Trinajstić information content (AvgIpc) is 2.27. The highest BCUT2D eigenvalue weighted by Crippen LogP contribution is 2.25. The lowest BCUT2D eigenvalue weighted by Crippen LogP contribution is -2.48. The van der Waals surface area contributed by atoms with Gasteiger partial charge in [-0.15, -0.1) is 0 Å². The molecule has 1 amide bonds. The van der Waals surface area contributed by atoms with E-state index in [0.717, 1.165) is 31.3 Å². The minimum absolute atomic E-state index is 0.0503. The molecule has 3 atom stereocenters. The van der Waals surface area contributed by atoms with Crippen LogP contribution in [-0.2, 0) is 4.79 Å². The Labute approximate surface area is 113 Å². The molecule has 3 unspecified atom stereocenters. The summed E-state index contributed by atoms with van der Waals surface area (Å²) < 4.78 is 0. The second kappa shape index (κ2) is 6.74. The van der Waals surface area contributed by atoms with Crippen LogP contribution in [0, 0.1) is 17.8 Å². The van der Waals surface area contributed by atoms with Crippen LogP contribution in [0.25, 0.3) is 0 Å². The molecule has 1 saturated heterocycles. The van der Waals surface area contributed by atoms with Crippen molar-refractivity contribution in [3.63, 3.8) is 0 Å². The van der Waals surface area contributed by atoms with Gasteiger partial charge in [0.1, 0.15) is 0 Å². The third kappa shape index (κ3) is 4.25. The number of likely N-dealkylation sites (tertiary alicyclic amines) is 1. The molecule has 0 aliphatic carbocycles. The lowest BCUT2D eigenvalue weighted by Gasteiger charge is -2.39. The molecule has 0 aromatic heterocycles. The van der Waals surface area contributed by atoms with E-state index in [0.29, 0.717) is 17.9 Å². The topological polar surface area (TPSA) is 46.3 Å². The van der Waals surface area contributed by atoms with Crippen molar-refractivity contribution in [2.24, 2.45) is 23.5 Å². The fraction of sp³-hybridized carbons (Fsp3) is 0.923. The van der Waals surface area contributed by atoms with Crippen molar-refractivity contribution in [3.8, 4) is 0 Å². The molecule has 1 rings (SSSR count). The summed E-state index contributed by atoms with van der Waals surface area (Å²) in [7, 11) is 0. The van der Waals surface area contributed by atoms with Crippen LogP contribution in [0.3, 0.4) is 0 Å². The SMILES string of the molecule is CC(C)C(CBr)CN1CC(C(N)=O)CCC1C. The Bertz CT molecular complexity index is 258. The van der Waals surface area contributed by atoms with Gasteiger partial charge in [0.15, 0.2) is 0 Å². The average molecular weight is 305 g/mol. The molecule has 0 saturated carbocycles. The number of hydrogen-bond donors (Lipinski definition) is 1. The van der Waals surface area contributed by atoms with Crippen molar-refractivity contribution in [1.29, 1.82) is 0 Å². The number of rotatable bonds is 5. The maximum atomic E-state index is 11.3. The molecule has 0 aromatic carbocycles. The zero-order valence-electron chi connectivity index (χ0n) is 11.2. The van der Waals surface area contributed by atoms with Crippen LogP contribution >= 0.6 is 15.9 Å². The summed E-state index contributed by atoms with van der Waals surface area (Å²) in [5.41, 5.74) is 5.42. The van der Waals surface area contributed by atoms with Crippen LogP contribution in [-0.4, -0.2) is 35.3 Å². The molecule has 1 fully saturated rings. The Hall–Kier alpha value is -0.0900. The number of hydrogen-bond acceptors (Lipinski definition) is 2. The van der Waals surface area contributed by atoms with Crippen LogP contribution < -0.4 is 5.73 Å². The van der Waals surface area contributed by atoms with Gasteiger partial charge in [0.05, 0.1) is 5.92 Å². The molecule has 1 heterocycles. The van der Waals surface area contributed by atoms with E-state index in [1.165, 1.54) is 0 Å². The zero-order valence-corrected chi connectivity index (χ0v) is 12.7. The third-order valence-electron chi connectivity index (χ3n) is 4.02. The summed E-state index contributed by atoms with van der Waals surface area (Å²) >= 11 is 3.59. The van der Waals surface area contributed by atoms with Crippen molar-refractivity contribution in [2.75, 3.05) is 18.4 Å². The molecule has 0 radical (unpaired) electrons. The summed E-state index contributed by atoms with van der Waals surface area (Å²) in [4.78, 5) is 13.7. The molecule has 4 heteroatoms. The standard InChI is InChI=1S/C13H25BrN2O/c1-9(2)12(6-14)8-16-7-11(13(15)17)5-4-10(16)3/h9-12H,4-8H2,1-3H3,(H2,15,17). The predicted molar refractivity (Wildman–Crippen MR) is 75.1 cm³/mol. The number of carbonyl (C=O) groups is 1. The molecule has 100 valence electrons. The van der Waals surface area contributed by atoms with Crippen molar-refractivity contribution < 1.29 is 4.79 Å². The van der Waals surface area contributed by atoms with E-state index >= 15 is 0 Å². The molecule has 3 nitrogen and oxygen atoms in total. The third-order valence-corrected chi connectivity index (χ3v) is 4.86. The van der Waals surface area contributed by atoms with Gasteiger partial charge in [-0.25, -0.2) is 0 Å². The normalized spacial score (nSPS) is 28.3. The fourth-order valence-electron chi connectivity index (χ4n) is 2.40. The number of carbonyl (C=O) groups excluding carboxylic acids is 1. The van der Waals surface area contributed by atoms with E-state index in [2.05, 4.69) is 41.6 Å². The number of amides is 1. The first-order chi connectivity index (χ1) is 7.95. The molecule has 1 aliphatic rings. The minimum atomic E-state index is -0.137. The number of alkyl halides is 1. The Balaban J connectivity index is 2.57. The van der Waals surface area contributed by atoms with Gasteiger partial charge in [-0.3, -0.25) is 9.69 Å². The van der Waals surface area contributed by atoms with E-state index in [-0.39, 0.29) is 11.8 Å². The summed E-state index contributed by atoms with van der Waals surface area (Å²) in [6.07, 6.45) is 2.04. The van der Waals surface area contributed by atoms with Crippen LogP contribution in [0.1, 0.15) is 33.6 Å². The Morgan fingerprint density at radius 1 is 1.47 bits per heavy atom. The van der Waals surface area contributed by atoms with E-state index in [1.54, 1.807) is 0 Å².